The molecule has 1 atom stereocenters. The van der Waals surface area contributed by atoms with Crippen LogP contribution < -0.4 is 16.6 Å². The van der Waals surface area contributed by atoms with Gasteiger partial charge in [-0.15, -0.1) is 0 Å². The van der Waals surface area contributed by atoms with E-state index < -0.39 is 0 Å². The summed E-state index contributed by atoms with van der Waals surface area (Å²) in [5, 5.41) is 3.31. The minimum atomic E-state index is 0.506. The summed E-state index contributed by atoms with van der Waals surface area (Å²) < 4.78 is 5.24. The van der Waals surface area contributed by atoms with Gasteiger partial charge in [0.25, 0.3) is 0 Å². The van der Waals surface area contributed by atoms with Gasteiger partial charge in [-0.2, -0.15) is 11.8 Å². The third-order valence-corrected chi connectivity index (χ3v) is 3.49. The first-order chi connectivity index (χ1) is 7.86. The fourth-order valence-corrected chi connectivity index (χ4v) is 2.63. The number of nitrogens with zero attached hydrogens (tertiary/aromatic N) is 1. The fourth-order valence-electron chi connectivity index (χ4n) is 1.48. The molecule has 0 aromatic heterocycles. The number of nitrogens with one attached hydrogen (secondary N) is 2. The number of thioether (sulfide) groups is 1. The van der Waals surface area contributed by atoms with Crippen LogP contribution >= 0.6 is 11.8 Å². The zero-order valence-electron chi connectivity index (χ0n) is 9.87. The Balaban J connectivity index is 2.15. The van der Waals surface area contributed by atoms with Crippen LogP contribution in [0.15, 0.2) is 4.99 Å². The minimum absolute atomic E-state index is 0.506. The summed E-state index contributed by atoms with van der Waals surface area (Å²) >= 11 is 1.96. The molecule has 0 spiro atoms. The molecular weight excluding hydrogens is 224 g/mol. The van der Waals surface area contributed by atoms with Crippen LogP contribution in [-0.4, -0.2) is 43.3 Å². The number of guanidine groups is 1. The maximum atomic E-state index is 5.41. The number of hydrogen-bond acceptors (Lipinski definition) is 4. The van der Waals surface area contributed by atoms with Crippen molar-refractivity contribution in [1.29, 1.82) is 0 Å². The van der Waals surface area contributed by atoms with Crippen LogP contribution in [0.4, 0.5) is 0 Å². The van der Waals surface area contributed by atoms with Gasteiger partial charge in [0.2, 0.25) is 5.96 Å². The predicted octanol–water partition coefficient (Wildman–Crippen LogP) is 0.327. The monoisotopic (exact) mass is 246 g/mol. The molecular formula is C10H22N4OS. The topological polar surface area (TPSA) is 71.7 Å². The van der Waals surface area contributed by atoms with Gasteiger partial charge in [0, 0.05) is 31.6 Å². The summed E-state index contributed by atoms with van der Waals surface area (Å²) in [5.41, 5.74) is 2.61. The van der Waals surface area contributed by atoms with Gasteiger partial charge in [-0.25, -0.2) is 5.84 Å². The fraction of sp³-hybridized carbons (Fsp3) is 0.900. The summed E-state index contributed by atoms with van der Waals surface area (Å²) in [7, 11) is 0. The van der Waals surface area contributed by atoms with Crippen LogP contribution in [0.25, 0.3) is 0 Å². The van der Waals surface area contributed by atoms with Crippen molar-refractivity contribution in [3.63, 3.8) is 0 Å². The molecule has 94 valence electrons. The van der Waals surface area contributed by atoms with Gasteiger partial charge in [0.15, 0.2) is 0 Å². The number of hydrazine groups is 1. The second-order valence-corrected chi connectivity index (χ2v) is 4.78. The van der Waals surface area contributed by atoms with Crippen molar-refractivity contribution in [3.05, 3.63) is 0 Å². The van der Waals surface area contributed by atoms with Gasteiger partial charge < -0.3 is 10.1 Å². The molecule has 0 aromatic rings. The summed E-state index contributed by atoms with van der Waals surface area (Å²) in [6, 6.07) is 0.506. The lowest BCUT2D eigenvalue weighted by Gasteiger charge is -2.14. The lowest BCUT2D eigenvalue weighted by Crippen LogP contribution is -2.46. The maximum absolute atomic E-state index is 5.41. The Morgan fingerprint density at radius 1 is 1.62 bits per heavy atom. The van der Waals surface area contributed by atoms with E-state index in [-0.39, 0.29) is 0 Å². The average Bonchev–Trinajstić information content (AvgIpc) is 2.80. The standard InChI is InChI=1S/C10H22N4OS/c1-2-15-6-3-5-12-10(14-11)13-9-4-7-16-8-9/h9H,2-8,11H2,1H3,(H2,12,13,14). The van der Waals surface area contributed by atoms with Gasteiger partial charge >= 0.3 is 0 Å². The van der Waals surface area contributed by atoms with Crippen LogP contribution in [0.1, 0.15) is 19.8 Å². The molecule has 1 aliphatic rings. The van der Waals surface area contributed by atoms with E-state index in [1.165, 1.54) is 12.2 Å². The summed E-state index contributed by atoms with van der Waals surface area (Å²) in [4.78, 5) is 4.36. The highest BCUT2D eigenvalue weighted by molar-refractivity contribution is 7.99. The summed E-state index contributed by atoms with van der Waals surface area (Å²) in [6.07, 6.45) is 2.12. The first kappa shape index (κ1) is 13.6. The summed E-state index contributed by atoms with van der Waals surface area (Å²) in [6.45, 7) is 4.27. The normalized spacial score (nSPS) is 21.1. The average molecular weight is 246 g/mol. The quantitative estimate of drug-likeness (QED) is 0.207. The van der Waals surface area contributed by atoms with E-state index in [1.807, 2.05) is 18.7 Å². The molecule has 0 aromatic carbocycles. The van der Waals surface area contributed by atoms with Crippen LogP contribution in [-0.2, 0) is 4.74 Å². The second-order valence-electron chi connectivity index (χ2n) is 3.63. The third-order valence-electron chi connectivity index (χ3n) is 2.33. The lowest BCUT2D eigenvalue weighted by atomic mass is 10.3. The largest absolute Gasteiger partial charge is 0.382 e. The van der Waals surface area contributed by atoms with E-state index in [2.05, 4.69) is 15.7 Å². The van der Waals surface area contributed by atoms with Gasteiger partial charge in [-0.05, 0) is 25.5 Å². The first-order valence-electron chi connectivity index (χ1n) is 5.80. The zero-order valence-corrected chi connectivity index (χ0v) is 10.7. The van der Waals surface area contributed by atoms with Crippen molar-refractivity contribution >= 4 is 17.7 Å². The highest BCUT2D eigenvalue weighted by atomic mass is 32.2. The Hall–Kier alpha value is -0.460. The molecule has 16 heavy (non-hydrogen) atoms. The smallest absolute Gasteiger partial charge is 0.205 e. The van der Waals surface area contributed by atoms with E-state index >= 15 is 0 Å². The third kappa shape index (κ3) is 5.58. The van der Waals surface area contributed by atoms with Gasteiger partial charge in [0.05, 0.1) is 0 Å². The molecule has 1 saturated heterocycles. The van der Waals surface area contributed by atoms with Gasteiger partial charge in [-0.1, -0.05) is 0 Å². The van der Waals surface area contributed by atoms with Crippen molar-refractivity contribution in [2.75, 3.05) is 31.3 Å². The Bertz CT molecular complexity index is 207. The van der Waals surface area contributed by atoms with Crippen molar-refractivity contribution in [2.24, 2.45) is 10.8 Å². The second kappa shape index (κ2) is 8.66. The molecule has 4 N–H and O–H groups in total. The maximum Gasteiger partial charge on any atom is 0.205 e. The Morgan fingerprint density at radius 3 is 3.12 bits per heavy atom. The van der Waals surface area contributed by atoms with Gasteiger partial charge in [-0.3, -0.25) is 10.4 Å². The number of aliphatic imine (C=N–C) groups is 1. The molecule has 0 aliphatic carbocycles. The molecule has 0 saturated carbocycles. The lowest BCUT2D eigenvalue weighted by molar-refractivity contribution is 0.146. The van der Waals surface area contributed by atoms with E-state index in [4.69, 9.17) is 10.6 Å². The molecule has 0 radical (unpaired) electrons. The number of rotatable bonds is 6. The summed E-state index contributed by atoms with van der Waals surface area (Å²) in [5.74, 6) is 8.47. The Labute approximate surface area is 102 Å². The molecule has 0 bridgehead atoms. The zero-order chi connectivity index (χ0) is 11.6. The van der Waals surface area contributed by atoms with Gasteiger partial charge in [0.1, 0.15) is 0 Å². The molecule has 0 amide bonds. The highest BCUT2D eigenvalue weighted by Crippen LogP contribution is 2.16. The molecule has 1 aliphatic heterocycles. The van der Waals surface area contributed by atoms with Crippen LogP contribution in [0, 0.1) is 0 Å². The molecule has 1 unspecified atom stereocenters. The SMILES string of the molecule is CCOCCCN=C(NN)NC1CCSC1. The van der Waals surface area contributed by atoms with E-state index in [1.54, 1.807) is 0 Å². The molecule has 1 fully saturated rings. The van der Waals surface area contributed by atoms with E-state index in [0.29, 0.717) is 12.0 Å². The highest BCUT2D eigenvalue weighted by Gasteiger charge is 2.15. The molecule has 1 heterocycles. The van der Waals surface area contributed by atoms with Crippen molar-refractivity contribution in [3.8, 4) is 0 Å². The van der Waals surface area contributed by atoms with Crippen LogP contribution in [0.2, 0.25) is 0 Å². The minimum Gasteiger partial charge on any atom is -0.382 e. The first-order valence-corrected chi connectivity index (χ1v) is 6.95. The van der Waals surface area contributed by atoms with Crippen molar-refractivity contribution in [2.45, 2.75) is 25.8 Å². The van der Waals surface area contributed by atoms with Crippen LogP contribution in [0.5, 0.6) is 0 Å². The Morgan fingerprint density at radius 2 is 2.50 bits per heavy atom. The van der Waals surface area contributed by atoms with E-state index in [9.17, 15) is 0 Å². The molecule has 5 nitrogen and oxygen atoms in total. The number of hydrogen-bond donors (Lipinski definition) is 3. The van der Waals surface area contributed by atoms with Crippen LogP contribution in [0.3, 0.4) is 0 Å². The van der Waals surface area contributed by atoms with Crippen molar-refractivity contribution in [1.82, 2.24) is 10.7 Å². The molecule has 6 heteroatoms. The van der Waals surface area contributed by atoms with Crippen molar-refractivity contribution < 1.29 is 4.74 Å². The number of nitrogens with two attached hydrogens (primary N) is 1. The number of ether oxygens (including phenoxy) is 1. The molecule has 1 rings (SSSR count). The Kier molecular flexibility index (Phi) is 7.37. The predicted molar refractivity (Wildman–Crippen MR) is 69.6 cm³/mol. The van der Waals surface area contributed by atoms with E-state index in [0.717, 1.165) is 31.9 Å².